The fraction of sp³-hybridized carbons (Fsp3) is 0.500. The number of pyridine rings is 1. The van der Waals surface area contributed by atoms with Crippen LogP contribution in [0.4, 0.5) is 11.5 Å². The van der Waals surface area contributed by atoms with Gasteiger partial charge in [0.2, 0.25) is 0 Å². The maximum absolute atomic E-state index is 7.00. The van der Waals surface area contributed by atoms with Crippen LogP contribution in [-0.4, -0.2) is 42.7 Å². The smallest absolute Gasteiger partial charge is 0.129 e. The molecule has 5 heteroatoms. The number of allylic oxidation sites excluding steroid dienone is 4. The maximum atomic E-state index is 7.00. The molecule has 0 spiro atoms. The summed E-state index contributed by atoms with van der Waals surface area (Å²) in [4.78, 5) is 11.4. The Morgan fingerprint density at radius 2 is 1.93 bits per heavy atom. The number of amidine groups is 1. The fourth-order valence-electron chi connectivity index (χ4n) is 3.16. The van der Waals surface area contributed by atoms with E-state index in [9.17, 15) is 0 Å². The van der Waals surface area contributed by atoms with Crippen molar-refractivity contribution in [1.82, 2.24) is 4.98 Å². The average molecular weight is 401 g/mol. The first-order valence-electron chi connectivity index (χ1n) is 10.5. The number of aromatic nitrogens is 1. The van der Waals surface area contributed by atoms with Gasteiger partial charge in [-0.15, -0.1) is 0 Å². The summed E-state index contributed by atoms with van der Waals surface area (Å²) >= 11 is 0. The minimum atomic E-state index is 0.399. The molecule has 5 nitrogen and oxygen atoms in total. The molecule has 1 aliphatic rings. The third-order valence-corrected chi connectivity index (χ3v) is 4.58. The highest BCUT2D eigenvalue weighted by atomic mass is 16.2. The number of anilines is 2. The lowest BCUT2D eigenvalue weighted by atomic mass is 10.0. The average Bonchev–Trinajstić information content (AvgIpc) is 3.25. The van der Waals surface area contributed by atoms with Gasteiger partial charge in [-0.05, 0) is 58.2 Å². The molecule has 0 aliphatic carbocycles. The van der Waals surface area contributed by atoms with E-state index < -0.39 is 0 Å². The van der Waals surface area contributed by atoms with Crippen LogP contribution < -0.4 is 10.2 Å². The van der Waals surface area contributed by atoms with Crippen molar-refractivity contribution in [2.45, 2.75) is 60.4 Å². The van der Waals surface area contributed by atoms with Gasteiger partial charge in [-0.1, -0.05) is 44.2 Å². The highest BCUT2D eigenvalue weighted by Gasteiger charge is 2.27. The lowest BCUT2D eigenvalue weighted by molar-refractivity contribution is 0.399. The number of aryl methyl sites for hydroxylation is 1. The molecule has 1 fully saturated rings. The van der Waals surface area contributed by atoms with Gasteiger partial charge in [0.25, 0.3) is 0 Å². The normalized spacial score (nSPS) is 17.1. The van der Waals surface area contributed by atoms with Crippen LogP contribution in [0.15, 0.2) is 53.1 Å². The largest absolute Gasteiger partial charge is 0.400 e. The van der Waals surface area contributed by atoms with Crippen LogP contribution in [0.3, 0.4) is 0 Å². The lowest BCUT2D eigenvalue weighted by Gasteiger charge is -2.27. The quantitative estimate of drug-likeness (QED) is 0.387. The number of aliphatic hydroxyl groups excluding tert-OH is 1. The molecule has 2 rings (SSSR count). The van der Waals surface area contributed by atoms with E-state index in [-0.39, 0.29) is 0 Å². The molecule has 1 atom stereocenters. The standard InChI is InChI=1S/C21H30N4.C2H6.CH4O/c1-6-8-9-11-18(7-2)20-12-10-15-25(20)21-14-13-19(16(3)23-21)24-17(4)22-5;2*1-2/h6-9,11,13-14,20H,10,12,15H2,1-5H3,(H,22,24);1-2H3;2H,1H3/b8-6-,11-9-,18-7+;;. The molecule has 162 valence electrons. The molecule has 1 aliphatic heterocycles. The number of aliphatic hydroxyl groups is 1. The zero-order chi connectivity index (χ0) is 22.2. The molecular formula is C24H40N4O. The number of rotatable bonds is 5. The van der Waals surface area contributed by atoms with E-state index in [1.807, 2.05) is 34.6 Å². The Hall–Kier alpha value is -2.40. The molecule has 2 N–H and O–H groups in total. The Morgan fingerprint density at radius 3 is 2.48 bits per heavy atom. The number of nitrogens with zero attached hydrogens (tertiary/aromatic N) is 3. The fourth-order valence-corrected chi connectivity index (χ4v) is 3.16. The summed E-state index contributed by atoms with van der Waals surface area (Å²) in [5.41, 5.74) is 3.37. The predicted octanol–water partition coefficient (Wildman–Crippen LogP) is 5.53. The van der Waals surface area contributed by atoms with Crippen LogP contribution >= 0.6 is 0 Å². The van der Waals surface area contributed by atoms with Gasteiger partial charge in [0, 0.05) is 20.7 Å². The van der Waals surface area contributed by atoms with Gasteiger partial charge in [-0.2, -0.15) is 0 Å². The van der Waals surface area contributed by atoms with Crippen LogP contribution in [0.2, 0.25) is 0 Å². The molecule has 1 aromatic heterocycles. The minimum absolute atomic E-state index is 0.399. The summed E-state index contributed by atoms with van der Waals surface area (Å²) in [5.74, 6) is 1.94. The van der Waals surface area contributed by atoms with E-state index in [0.29, 0.717) is 6.04 Å². The Morgan fingerprint density at radius 1 is 1.24 bits per heavy atom. The molecular weight excluding hydrogens is 360 g/mol. The molecule has 0 saturated carbocycles. The molecule has 1 saturated heterocycles. The second-order valence-corrected chi connectivity index (χ2v) is 6.26. The van der Waals surface area contributed by atoms with E-state index in [2.05, 4.69) is 64.6 Å². The predicted molar refractivity (Wildman–Crippen MR) is 129 cm³/mol. The number of nitrogens with one attached hydrogen (secondary N) is 1. The van der Waals surface area contributed by atoms with E-state index in [4.69, 9.17) is 10.1 Å². The van der Waals surface area contributed by atoms with Crippen molar-refractivity contribution in [1.29, 1.82) is 0 Å². The molecule has 1 aromatic rings. The van der Waals surface area contributed by atoms with Gasteiger partial charge < -0.3 is 15.3 Å². The second kappa shape index (κ2) is 15.5. The maximum Gasteiger partial charge on any atom is 0.129 e. The summed E-state index contributed by atoms with van der Waals surface area (Å²) in [7, 11) is 2.79. The van der Waals surface area contributed by atoms with E-state index in [1.54, 1.807) is 7.05 Å². The molecule has 0 amide bonds. The molecule has 1 unspecified atom stereocenters. The SMILES string of the molecule is CC.CO.C\C=C/C=C\C(=C/C)C1CCCN1c1ccc(NC(C)=NC)c(C)n1. The second-order valence-electron chi connectivity index (χ2n) is 6.26. The van der Waals surface area contributed by atoms with Gasteiger partial charge in [0.1, 0.15) is 5.82 Å². The van der Waals surface area contributed by atoms with Crippen LogP contribution in [0.5, 0.6) is 0 Å². The van der Waals surface area contributed by atoms with E-state index in [0.717, 1.165) is 36.7 Å². The topological polar surface area (TPSA) is 60.8 Å². The molecule has 0 aromatic carbocycles. The van der Waals surface area contributed by atoms with Crippen molar-refractivity contribution < 1.29 is 5.11 Å². The highest BCUT2D eigenvalue weighted by Crippen LogP contribution is 2.30. The first kappa shape index (κ1) is 26.6. The monoisotopic (exact) mass is 400 g/mol. The van der Waals surface area contributed by atoms with Crippen LogP contribution in [0.1, 0.15) is 53.2 Å². The highest BCUT2D eigenvalue weighted by molar-refractivity contribution is 5.93. The molecule has 29 heavy (non-hydrogen) atoms. The lowest BCUT2D eigenvalue weighted by Crippen LogP contribution is -2.31. The third kappa shape index (κ3) is 8.24. The van der Waals surface area contributed by atoms with Crippen molar-refractivity contribution in [2.75, 3.05) is 30.9 Å². The first-order chi connectivity index (χ1) is 14.1. The third-order valence-electron chi connectivity index (χ3n) is 4.58. The molecule has 0 radical (unpaired) electrons. The van der Waals surface area contributed by atoms with Crippen LogP contribution in [0, 0.1) is 6.92 Å². The number of aliphatic imine (C=N–C) groups is 1. The Bertz CT molecular complexity index is 705. The molecule has 2 heterocycles. The van der Waals surface area contributed by atoms with E-state index >= 15 is 0 Å². The number of hydrogen-bond acceptors (Lipinski definition) is 4. The summed E-state index contributed by atoms with van der Waals surface area (Å²) in [6.45, 7) is 13.2. The van der Waals surface area contributed by atoms with Crippen molar-refractivity contribution >= 4 is 17.3 Å². The zero-order valence-electron chi connectivity index (χ0n) is 19.5. The first-order valence-corrected chi connectivity index (χ1v) is 10.5. The summed E-state index contributed by atoms with van der Waals surface area (Å²) in [6.07, 6.45) is 13.0. The zero-order valence-corrected chi connectivity index (χ0v) is 19.5. The number of hydrogen-bond donors (Lipinski definition) is 2. The van der Waals surface area contributed by atoms with Gasteiger partial charge in [-0.25, -0.2) is 4.98 Å². The molecule has 0 bridgehead atoms. The Kier molecular flexibility index (Phi) is 14.2. The van der Waals surface area contributed by atoms with Crippen molar-refractivity contribution in [3.63, 3.8) is 0 Å². The van der Waals surface area contributed by atoms with Gasteiger partial charge in [-0.3, -0.25) is 4.99 Å². The Balaban J connectivity index is 0.00000184. The van der Waals surface area contributed by atoms with Crippen molar-refractivity contribution in [3.05, 3.63) is 53.8 Å². The van der Waals surface area contributed by atoms with Crippen LogP contribution in [0.25, 0.3) is 0 Å². The van der Waals surface area contributed by atoms with Gasteiger partial charge >= 0.3 is 0 Å². The van der Waals surface area contributed by atoms with E-state index in [1.165, 1.54) is 18.4 Å². The Labute approximate surface area is 178 Å². The summed E-state index contributed by atoms with van der Waals surface area (Å²) < 4.78 is 0. The minimum Gasteiger partial charge on any atom is -0.400 e. The van der Waals surface area contributed by atoms with Crippen molar-refractivity contribution in [2.24, 2.45) is 4.99 Å². The van der Waals surface area contributed by atoms with Crippen LogP contribution in [-0.2, 0) is 0 Å². The summed E-state index contributed by atoms with van der Waals surface area (Å²) in [6, 6.07) is 4.61. The van der Waals surface area contributed by atoms with Gasteiger partial charge in [0.05, 0.1) is 23.3 Å². The van der Waals surface area contributed by atoms with Crippen molar-refractivity contribution in [3.8, 4) is 0 Å². The van der Waals surface area contributed by atoms with Gasteiger partial charge in [0.15, 0.2) is 0 Å². The summed E-state index contributed by atoms with van der Waals surface area (Å²) in [5, 5.41) is 10.3.